The molecule has 8 nitrogen and oxygen atoms in total. The van der Waals surface area contributed by atoms with Crippen molar-refractivity contribution in [1.82, 2.24) is 4.72 Å². The number of carbonyl (C=O) groups is 2. The predicted molar refractivity (Wildman–Crippen MR) is 89.9 cm³/mol. The Morgan fingerprint density at radius 1 is 1.00 bits per heavy atom. The van der Waals surface area contributed by atoms with Crippen LogP contribution in [-0.2, 0) is 14.8 Å². The van der Waals surface area contributed by atoms with Crippen LogP contribution in [0.25, 0.3) is 0 Å². The minimum absolute atomic E-state index is 0.0582. The summed E-state index contributed by atoms with van der Waals surface area (Å²) >= 11 is 0. The molecule has 0 atom stereocenters. The molecule has 25 heavy (non-hydrogen) atoms. The second kappa shape index (κ2) is 7.77. The number of rotatable bonds is 7. The van der Waals surface area contributed by atoms with Gasteiger partial charge in [0.1, 0.15) is 5.75 Å². The van der Waals surface area contributed by atoms with Crippen LogP contribution in [0, 0.1) is 0 Å². The predicted octanol–water partition coefficient (Wildman–Crippen LogP) is 1.40. The highest BCUT2D eigenvalue weighted by Gasteiger charge is 2.21. The van der Waals surface area contributed by atoms with Gasteiger partial charge >= 0.3 is 5.97 Å². The maximum atomic E-state index is 12.2. The van der Waals surface area contributed by atoms with Gasteiger partial charge in [0.25, 0.3) is 0 Å². The number of amides is 1. The molecular weight excluding hydrogens is 348 g/mol. The zero-order valence-corrected chi connectivity index (χ0v) is 13.8. The zero-order chi connectivity index (χ0) is 18.4. The molecule has 0 heterocycles. The fourth-order valence-electron chi connectivity index (χ4n) is 2.02. The molecule has 0 bridgehead atoms. The first-order valence-corrected chi connectivity index (χ1v) is 8.69. The van der Waals surface area contributed by atoms with E-state index in [-0.39, 0.29) is 29.2 Å². The minimum atomic E-state index is -4.05. The summed E-state index contributed by atoms with van der Waals surface area (Å²) in [5.74, 6) is -1.73. The summed E-state index contributed by atoms with van der Waals surface area (Å²) < 4.78 is 26.6. The molecule has 2 aromatic rings. The molecule has 0 unspecified atom stereocenters. The fourth-order valence-corrected chi connectivity index (χ4v) is 3.25. The second-order valence-electron chi connectivity index (χ2n) is 5.04. The molecule has 132 valence electrons. The lowest BCUT2D eigenvalue weighted by Gasteiger charge is -2.09. The van der Waals surface area contributed by atoms with Crippen LogP contribution < -0.4 is 10.0 Å². The number of carbonyl (C=O) groups excluding carboxylic acids is 1. The first-order chi connectivity index (χ1) is 11.8. The second-order valence-corrected chi connectivity index (χ2v) is 6.78. The summed E-state index contributed by atoms with van der Waals surface area (Å²) in [6.45, 7) is -0.194. The number of sulfonamides is 1. The van der Waals surface area contributed by atoms with Crippen molar-refractivity contribution in [2.75, 3.05) is 11.9 Å². The molecule has 9 heteroatoms. The topological polar surface area (TPSA) is 133 Å². The smallest absolute Gasteiger partial charge is 0.337 e. The minimum Gasteiger partial charge on any atom is -0.508 e. The van der Waals surface area contributed by atoms with E-state index in [4.69, 9.17) is 10.2 Å². The molecule has 2 aromatic carbocycles. The summed E-state index contributed by atoms with van der Waals surface area (Å²) in [6.07, 6.45) is -0.144. The van der Waals surface area contributed by atoms with E-state index in [1.165, 1.54) is 48.5 Å². The van der Waals surface area contributed by atoms with E-state index in [0.717, 1.165) is 0 Å². The van der Waals surface area contributed by atoms with Crippen LogP contribution in [0.2, 0.25) is 0 Å². The first kappa shape index (κ1) is 18.4. The number of nitrogens with one attached hydrogen (secondary N) is 2. The quantitative estimate of drug-likeness (QED) is 0.549. The molecule has 0 saturated carbocycles. The third kappa shape index (κ3) is 5.03. The number of aromatic hydroxyl groups is 1. The van der Waals surface area contributed by atoms with Crippen LogP contribution in [0.15, 0.2) is 53.4 Å². The van der Waals surface area contributed by atoms with Crippen LogP contribution in [0.4, 0.5) is 5.69 Å². The third-order valence-corrected chi connectivity index (χ3v) is 4.72. The SMILES string of the molecule is O=C(CCNS(=O)(=O)c1ccccc1C(=O)O)Nc1ccc(O)cc1. The summed E-state index contributed by atoms with van der Waals surface area (Å²) in [5.41, 5.74) is 0.116. The van der Waals surface area contributed by atoms with E-state index in [1.807, 2.05) is 0 Å². The van der Waals surface area contributed by atoms with Crippen LogP contribution in [0.3, 0.4) is 0 Å². The molecule has 0 spiro atoms. The van der Waals surface area contributed by atoms with Crippen LogP contribution in [0.1, 0.15) is 16.8 Å². The Bertz CT molecular complexity index is 878. The van der Waals surface area contributed by atoms with E-state index in [2.05, 4.69) is 10.0 Å². The molecule has 0 aliphatic rings. The van der Waals surface area contributed by atoms with Gasteiger partial charge in [0, 0.05) is 18.7 Å². The van der Waals surface area contributed by atoms with Crippen LogP contribution in [0.5, 0.6) is 5.75 Å². The Morgan fingerprint density at radius 2 is 1.64 bits per heavy atom. The highest BCUT2D eigenvalue weighted by molar-refractivity contribution is 7.89. The largest absolute Gasteiger partial charge is 0.508 e. The van der Waals surface area contributed by atoms with E-state index >= 15 is 0 Å². The van der Waals surface area contributed by atoms with Gasteiger partial charge in [-0.05, 0) is 36.4 Å². The zero-order valence-electron chi connectivity index (χ0n) is 13.0. The van der Waals surface area contributed by atoms with Gasteiger partial charge in [0.15, 0.2) is 0 Å². The Balaban J connectivity index is 1.95. The fraction of sp³-hybridized carbons (Fsp3) is 0.125. The summed E-state index contributed by atoms with van der Waals surface area (Å²) in [4.78, 5) is 22.5. The van der Waals surface area contributed by atoms with Crippen molar-refractivity contribution in [3.8, 4) is 5.75 Å². The van der Waals surface area contributed by atoms with Crippen molar-refractivity contribution >= 4 is 27.6 Å². The van der Waals surface area contributed by atoms with Gasteiger partial charge in [0.2, 0.25) is 15.9 Å². The lowest BCUT2D eigenvalue weighted by Crippen LogP contribution is -2.29. The molecule has 1 amide bonds. The van der Waals surface area contributed by atoms with Crippen molar-refractivity contribution < 1.29 is 28.2 Å². The normalized spacial score (nSPS) is 11.0. The number of carboxylic acids is 1. The number of phenols is 1. The third-order valence-electron chi connectivity index (χ3n) is 3.20. The molecule has 0 aromatic heterocycles. The van der Waals surface area contributed by atoms with E-state index < -0.39 is 21.9 Å². The van der Waals surface area contributed by atoms with Gasteiger partial charge in [0.05, 0.1) is 10.5 Å². The standard InChI is InChI=1S/C16H16N2O6S/c19-12-7-5-11(6-8-12)18-15(20)9-10-17-25(23,24)14-4-2-1-3-13(14)16(21)22/h1-8,17,19H,9-10H2,(H,18,20)(H,21,22). The van der Waals surface area contributed by atoms with E-state index in [9.17, 15) is 18.0 Å². The van der Waals surface area contributed by atoms with Crippen molar-refractivity contribution in [3.63, 3.8) is 0 Å². The van der Waals surface area contributed by atoms with Crippen molar-refractivity contribution in [2.24, 2.45) is 0 Å². The highest BCUT2D eigenvalue weighted by Crippen LogP contribution is 2.16. The lowest BCUT2D eigenvalue weighted by atomic mass is 10.2. The molecule has 0 aliphatic carbocycles. The summed E-state index contributed by atoms with van der Waals surface area (Å²) in [5, 5.41) is 20.8. The van der Waals surface area contributed by atoms with Gasteiger partial charge in [-0.2, -0.15) is 0 Å². The number of carboxylic acid groups (broad SMARTS) is 1. The number of hydrogen-bond donors (Lipinski definition) is 4. The van der Waals surface area contributed by atoms with E-state index in [0.29, 0.717) is 5.69 Å². The number of benzene rings is 2. The van der Waals surface area contributed by atoms with Crippen molar-refractivity contribution in [2.45, 2.75) is 11.3 Å². The van der Waals surface area contributed by atoms with Crippen LogP contribution >= 0.6 is 0 Å². The summed E-state index contributed by atoms with van der Waals surface area (Å²) in [6, 6.07) is 11.0. The van der Waals surface area contributed by atoms with Gasteiger partial charge in [-0.25, -0.2) is 17.9 Å². The van der Waals surface area contributed by atoms with Gasteiger partial charge < -0.3 is 15.5 Å². The molecule has 0 aliphatic heterocycles. The number of aromatic carboxylic acids is 1. The molecule has 2 rings (SSSR count). The summed E-state index contributed by atoms with van der Waals surface area (Å²) in [7, 11) is -4.05. The molecular formula is C16H16N2O6S. The maximum Gasteiger partial charge on any atom is 0.337 e. The number of phenolic OH excluding ortho intramolecular Hbond substituents is 1. The van der Waals surface area contributed by atoms with Crippen molar-refractivity contribution in [3.05, 3.63) is 54.1 Å². The average molecular weight is 364 g/mol. The van der Waals surface area contributed by atoms with E-state index in [1.54, 1.807) is 0 Å². The monoisotopic (exact) mass is 364 g/mol. The Labute approximate surface area is 144 Å². The highest BCUT2D eigenvalue weighted by atomic mass is 32.2. The Hall–Kier alpha value is -2.91. The van der Waals surface area contributed by atoms with Crippen LogP contribution in [-0.4, -0.2) is 37.1 Å². The Morgan fingerprint density at radius 3 is 2.28 bits per heavy atom. The van der Waals surface area contributed by atoms with Gasteiger partial charge in [-0.1, -0.05) is 12.1 Å². The molecule has 4 N–H and O–H groups in total. The average Bonchev–Trinajstić information content (AvgIpc) is 2.57. The first-order valence-electron chi connectivity index (χ1n) is 7.20. The number of anilines is 1. The lowest BCUT2D eigenvalue weighted by molar-refractivity contribution is -0.116. The van der Waals surface area contributed by atoms with Gasteiger partial charge in [-0.3, -0.25) is 4.79 Å². The molecule has 0 fully saturated rings. The van der Waals surface area contributed by atoms with Gasteiger partial charge in [-0.15, -0.1) is 0 Å². The molecule has 0 radical (unpaired) electrons. The van der Waals surface area contributed by atoms with Crippen molar-refractivity contribution in [1.29, 1.82) is 0 Å². The number of hydrogen-bond acceptors (Lipinski definition) is 5. The Kier molecular flexibility index (Phi) is 5.73. The molecule has 0 saturated heterocycles. The maximum absolute atomic E-state index is 12.2.